The number of nitrogens with zero attached hydrogens (tertiary/aromatic N) is 2. The zero-order valence-corrected chi connectivity index (χ0v) is 16.4. The van der Waals surface area contributed by atoms with E-state index in [2.05, 4.69) is 16.0 Å². The number of amides is 2. The highest BCUT2D eigenvalue weighted by Crippen LogP contribution is 2.14. The zero-order valence-electron chi connectivity index (χ0n) is 16.4. The number of aromatic nitrogens is 2. The summed E-state index contributed by atoms with van der Waals surface area (Å²) in [7, 11) is 1.50. The molecule has 1 atom stereocenters. The molecule has 0 spiro atoms. The van der Waals surface area contributed by atoms with Crippen molar-refractivity contribution < 1.29 is 19.1 Å². The van der Waals surface area contributed by atoms with Gasteiger partial charge in [-0.2, -0.15) is 5.10 Å². The highest BCUT2D eigenvalue weighted by molar-refractivity contribution is 5.96. The zero-order chi connectivity index (χ0) is 21.7. The molecule has 2 amide bonds. The normalized spacial score (nSPS) is 11.5. The number of fused-ring (bicyclic) bond motifs is 1. The van der Waals surface area contributed by atoms with Crippen LogP contribution in [0.5, 0.6) is 0 Å². The van der Waals surface area contributed by atoms with E-state index in [1.165, 1.54) is 14.0 Å². The summed E-state index contributed by atoms with van der Waals surface area (Å²) >= 11 is 0. The Hall–Kier alpha value is -4.01. The minimum Gasteiger partial charge on any atom is -0.452 e. The summed E-state index contributed by atoms with van der Waals surface area (Å²) in [6.45, 7) is 1.38. The first-order valence-corrected chi connectivity index (χ1v) is 9.16. The van der Waals surface area contributed by atoms with Crippen LogP contribution in [0.15, 0.2) is 59.4 Å². The third-order valence-electron chi connectivity index (χ3n) is 4.36. The van der Waals surface area contributed by atoms with Crippen LogP contribution >= 0.6 is 0 Å². The van der Waals surface area contributed by atoms with Gasteiger partial charge in [0, 0.05) is 18.0 Å². The molecule has 2 aromatic carbocycles. The number of carbonyl (C=O) groups excluding carboxylic acids is 3. The van der Waals surface area contributed by atoms with Crippen molar-refractivity contribution in [3.05, 3.63) is 76.2 Å². The van der Waals surface area contributed by atoms with Gasteiger partial charge in [0.2, 0.25) is 0 Å². The van der Waals surface area contributed by atoms with E-state index in [9.17, 15) is 19.2 Å². The first-order chi connectivity index (χ1) is 14.4. The molecule has 0 aliphatic rings. The van der Waals surface area contributed by atoms with Gasteiger partial charge < -0.3 is 4.74 Å². The fraction of sp³-hybridized carbons (Fsp3) is 0.190. The highest BCUT2D eigenvalue weighted by Gasteiger charge is 2.20. The van der Waals surface area contributed by atoms with E-state index >= 15 is 0 Å². The summed E-state index contributed by atoms with van der Waals surface area (Å²) in [6.07, 6.45) is -1.37. The molecular formula is C21H20N4O5. The predicted octanol–water partition coefficient (Wildman–Crippen LogP) is 0.869. The second-order valence-corrected chi connectivity index (χ2v) is 6.54. The molecule has 30 heavy (non-hydrogen) atoms. The van der Waals surface area contributed by atoms with Gasteiger partial charge in [0.25, 0.3) is 17.4 Å². The molecular weight excluding hydrogens is 388 g/mol. The summed E-state index contributed by atoms with van der Waals surface area (Å²) in [6, 6.07) is 15.1. The van der Waals surface area contributed by atoms with E-state index in [-0.39, 0.29) is 12.0 Å². The van der Waals surface area contributed by atoms with E-state index in [1.54, 1.807) is 54.6 Å². The van der Waals surface area contributed by atoms with Gasteiger partial charge in [-0.15, -0.1) is 0 Å². The van der Waals surface area contributed by atoms with E-state index in [0.717, 1.165) is 4.68 Å². The molecule has 0 aliphatic heterocycles. The number of ether oxygens (including phenoxy) is 1. The van der Waals surface area contributed by atoms with Crippen LogP contribution < -0.4 is 16.4 Å². The second-order valence-electron chi connectivity index (χ2n) is 6.54. The molecule has 1 heterocycles. The quantitative estimate of drug-likeness (QED) is 0.478. The van der Waals surface area contributed by atoms with Crippen LogP contribution in [0, 0.1) is 0 Å². The third-order valence-corrected chi connectivity index (χ3v) is 4.36. The number of hydrogen-bond acceptors (Lipinski definition) is 6. The van der Waals surface area contributed by atoms with E-state index in [4.69, 9.17) is 4.74 Å². The molecule has 0 saturated heterocycles. The first kappa shape index (κ1) is 20.7. The van der Waals surface area contributed by atoms with Gasteiger partial charge >= 0.3 is 5.97 Å². The topological polar surface area (TPSA) is 119 Å². The average Bonchev–Trinajstić information content (AvgIpc) is 2.75. The Labute approximate surface area is 171 Å². The minimum absolute atomic E-state index is 0.220. The van der Waals surface area contributed by atoms with Gasteiger partial charge in [-0.1, -0.05) is 36.4 Å². The number of esters is 1. The number of aryl methyl sites for hydroxylation is 1. The molecule has 3 aromatic rings. The van der Waals surface area contributed by atoms with Gasteiger partial charge in [-0.05, 0) is 25.1 Å². The van der Waals surface area contributed by atoms with Crippen LogP contribution in [0.25, 0.3) is 10.8 Å². The lowest BCUT2D eigenvalue weighted by molar-refractivity contribution is -0.154. The lowest BCUT2D eigenvalue weighted by atomic mass is 10.1. The van der Waals surface area contributed by atoms with Crippen LogP contribution in [-0.2, 0) is 27.8 Å². The number of hydrogen-bond donors (Lipinski definition) is 2. The Kier molecular flexibility index (Phi) is 6.21. The predicted molar refractivity (Wildman–Crippen MR) is 108 cm³/mol. The standard InChI is InChI=1S/C21H20N4O5/c1-13(19(27)22-23-20(28)14-8-4-3-5-9-14)30-18(26)12-17-15-10-6-7-11-16(15)21(29)25(2)24-17/h3-11,13H,12H2,1-2H3,(H,22,27)(H,23,28)/t13-/m1/s1. The van der Waals surface area contributed by atoms with Crippen molar-refractivity contribution in [2.75, 3.05) is 0 Å². The molecule has 0 radical (unpaired) electrons. The lowest BCUT2D eigenvalue weighted by Gasteiger charge is -2.14. The number of nitrogens with one attached hydrogen (secondary N) is 2. The van der Waals surface area contributed by atoms with Crippen LogP contribution in [0.4, 0.5) is 0 Å². The molecule has 0 unspecified atom stereocenters. The lowest BCUT2D eigenvalue weighted by Crippen LogP contribution is -2.46. The van der Waals surface area contributed by atoms with Gasteiger partial charge in [-0.3, -0.25) is 30.0 Å². The van der Waals surface area contributed by atoms with E-state index in [1.807, 2.05) is 0 Å². The van der Waals surface area contributed by atoms with Crippen molar-refractivity contribution in [2.45, 2.75) is 19.4 Å². The summed E-state index contributed by atoms with van der Waals surface area (Å²) in [5.41, 5.74) is 4.94. The van der Waals surface area contributed by atoms with Gasteiger partial charge in [0.15, 0.2) is 6.10 Å². The molecule has 0 bridgehead atoms. The van der Waals surface area contributed by atoms with Crippen LogP contribution in [0.3, 0.4) is 0 Å². The molecule has 1 aromatic heterocycles. The Morgan fingerprint density at radius 1 is 1.00 bits per heavy atom. The smallest absolute Gasteiger partial charge is 0.312 e. The third kappa shape index (κ3) is 4.69. The summed E-state index contributed by atoms with van der Waals surface area (Å²) in [5, 5.41) is 5.12. The molecule has 154 valence electrons. The molecule has 9 heteroatoms. The fourth-order valence-corrected chi connectivity index (χ4v) is 2.82. The Bertz CT molecular complexity index is 1160. The van der Waals surface area contributed by atoms with Gasteiger partial charge in [0.05, 0.1) is 17.5 Å². The van der Waals surface area contributed by atoms with E-state index in [0.29, 0.717) is 22.0 Å². The number of carbonyl (C=O) groups is 3. The fourth-order valence-electron chi connectivity index (χ4n) is 2.82. The maximum absolute atomic E-state index is 12.3. The van der Waals surface area contributed by atoms with Crippen molar-refractivity contribution >= 4 is 28.6 Å². The second kappa shape index (κ2) is 8.99. The van der Waals surface area contributed by atoms with Crippen molar-refractivity contribution in [2.24, 2.45) is 7.05 Å². The average molecular weight is 408 g/mol. The number of rotatable bonds is 5. The largest absolute Gasteiger partial charge is 0.452 e. The monoisotopic (exact) mass is 408 g/mol. The van der Waals surface area contributed by atoms with Gasteiger partial charge in [-0.25, -0.2) is 4.68 Å². The van der Waals surface area contributed by atoms with Gasteiger partial charge in [0.1, 0.15) is 0 Å². The highest BCUT2D eigenvalue weighted by atomic mass is 16.5. The van der Waals surface area contributed by atoms with Crippen LogP contribution in [0.2, 0.25) is 0 Å². The van der Waals surface area contributed by atoms with Crippen molar-refractivity contribution in [3.63, 3.8) is 0 Å². The van der Waals surface area contributed by atoms with E-state index < -0.39 is 23.9 Å². The Morgan fingerprint density at radius 3 is 2.33 bits per heavy atom. The van der Waals surface area contributed by atoms with Crippen molar-refractivity contribution in [3.8, 4) is 0 Å². The number of hydrazine groups is 1. The molecule has 0 aliphatic carbocycles. The maximum Gasteiger partial charge on any atom is 0.312 e. The summed E-state index contributed by atoms with van der Waals surface area (Å²) < 4.78 is 6.30. The molecule has 0 saturated carbocycles. The summed E-state index contributed by atoms with van der Waals surface area (Å²) in [4.78, 5) is 48.5. The van der Waals surface area contributed by atoms with Crippen molar-refractivity contribution in [1.82, 2.24) is 20.6 Å². The number of benzene rings is 2. The minimum atomic E-state index is -1.15. The molecule has 2 N–H and O–H groups in total. The molecule has 0 fully saturated rings. The molecule has 9 nitrogen and oxygen atoms in total. The Balaban J connectivity index is 1.60. The molecule has 3 rings (SSSR count). The van der Waals surface area contributed by atoms with Crippen molar-refractivity contribution in [1.29, 1.82) is 0 Å². The summed E-state index contributed by atoms with van der Waals surface area (Å²) in [5.74, 6) is -1.88. The Morgan fingerprint density at radius 2 is 1.63 bits per heavy atom. The first-order valence-electron chi connectivity index (χ1n) is 9.16. The SMILES string of the molecule is C[C@@H](OC(=O)Cc1nn(C)c(=O)c2ccccc12)C(=O)NNC(=O)c1ccccc1. The van der Waals surface area contributed by atoms with Crippen LogP contribution in [0.1, 0.15) is 23.0 Å². The van der Waals surface area contributed by atoms with Crippen LogP contribution in [-0.4, -0.2) is 33.7 Å². The maximum atomic E-state index is 12.3.